The lowest BCUT2D eigenvalue weighted by Crippen LogP contribution is -2.20. The summed E-state index contributed by atoms with van der Waals surface area (Å²) in [4.78, 5) is 11.1. The molecule has 0 saturated carbocycles. The minimum Gasteiger partial charge on any atom is -0.491 e. The molecule has 0 radical (unpaired) electrons. The predicted molar refractivity (Wildman–Crippen MR) is 77.9 cm³/mol. The number of para-hydroxylation sites is 2. The summed E-state index contributed by atoms with van der Waals surface area (Å²) >= 11 is 0. The molecular formula is C15H23NO4. The van der Waals surface area contributed by atoms with E-state index in [1.807, 2.05) is 32.0 Å². The van der Waals surface area contributed by atoms with Gasteiger partial charge in [0.2, 0.25) is 5.91 Å². The first-order valence-corrected chi connectivity index (χ1v) is 6.90. The van der Waals surface area contributed by atoms with Crippen LogP contribution in [-0.4, -0.2) is 32.0 Å². The molecule has 1 N–H and O–H groups in total. The molecule has 0 atom stereocenters. The van der Waals surface area contributed by atoms with Gasteiger partial charge in [-0.2, -0.15) is 0 Å². The molecule has 0 bridgehead atoms. The number of nitrogens with one attached hydrogen (secondary N) is 1. The lowest BCUT2D eigenvalue weighted by molar-refractivity contribution is -0.142. The summed E-state index contributed by atoms with van der Waals surface area (Å²) in [6, 6.07) is 7.34. The molecule has 0 aliphatic rings. The van der Waals surface area contributed by atoms with E-state index in [0.717, 1.165) is 0 Å². The number of hydrogen-bond acceptors (Lipinski definition) is 4. The third-order valence-electron chi connectivity index (χ3n) is 2.51. The van der Waals surface area contributed by atoms with Crippen LogP contribution in [0.15, 0.2) is 24.3 Å². The van der Waals surface area contributed by atoms with Gasteiger partial charge < -0.3 is 19.5 Å². The Bertz CT molecular complexity index is 403. The van der Waals surface area contributed by atoms with Crippen LogP contribution in [0.25, 0.3) is 0 Å². The van der Waals surface area contributed by atoms with E-state index >= 15 is 0 Å². The minimum absolute atomic E-state index is 0.123. The lowest BCUT2D eigenvalue weighted by atomic mass is 10.3. The van der Waals surface area contributed by atoms with Crippen molar-refractivity contribution in [1.29, 1.82) is 0 Å². The molecule has 112 valence electrons. The molecule has 0 fully saturated rings. The van der Waals surface area contributed by atoms with Crippen LogP contribution in [0, 0.1) is 0 Å². The van der Waals surface area contributed by atoms with Crippen LogP contribution in [0.1, 0.15) is 27.2 Å². The molecular weight excluding hydrogens is 258 g/mol. The largest absolute Gasteiger partial charge is 0.491 e. The second kappa shape index (κ2) is 9.34. The average molecular weight is 281 g/mol. The van der Waals surface area contributed by atoms with Gasteiger partial charge in [0.15, 0.2) is 6.29 Å². The molecule has 0 unspecified atom stereocenters. The van der Waals surface area contributed by atoms with Crippen molar-refractivity contribution >= 4 is 11.6 Å². The van der Waals surface area contributed by atoms with Crippen molar-refractivity contribution in [1.82, 2.24) is 0 Å². The highest BCUT2D eigenvalue weighted by atomic mass is 16.7. The Morgan fingerprint density at radius 1 is 1.20 bits per heavy atom. The lowest BCUT2D eigenvalue weighted by Gasteiger charge is -2.17. The number of carbonyl (C=O) groups excluding carboxylic acids is 1. The van der Waals surface area contributed by atoms with Gasteiger partial charge in [-0.15, -0.1) is 0 Å². The van der Waals surface area contributed by atoms with Crippen molar-refractivity contribution in [3.8, 4) is 5.75 Å². The maximum Gasteiger partial charge on any atom is 0.221 e. The quantitative estimate of drug-likeness (QED) is 0.707. The summed E-state index contributed by atoms with van der Waals surface area (Å²) in [6.07, 6.45) is 0.383. The van der Waals surface area contributed by atoms with Crippen molar-refractivity contribution in [2.45, 2.75) is 33.5 Å². The van der Waals surface area contributed by atoms with Gasteiger partial charge in [0.05, 0.1) is 12.3 Å². The molecule has 5 nitrogen and oxygen atoms in total. The molecule has 1 amide bonds. The summed E-state index contributed by atoms with van der Waals surface area (Å²) in [5.41, 5.74) is 0.671. The van der Waals surface area contributed by atoms with Crippen LogP contribution in [0.4, 0.5) is 5.69 Å². The highest BCUT2D eigenvalue weighted by Gasteiger charge is 2.09. The monoisotopic (exact) mass is 281 g/mol. The highest BCUT2D eigenvalue weighted by molar-refractivity contribution is 5.90. The zero-order valence-electron chi connectivity index (χ0n) is 12.3. The second-order valence-corrected chi connectivity index (χ2v) is 4.15. The maximum absolute atomic E-state index is 11.1. The number of carbonyl (C=O) groups is 1. The summed E-state index contributed by atoms with van der Waals surface area (Å²) in [5.74, 6) is 0.525. The number of ether oxygens (including phenoxy) is 3. The standard InChI is InChI=1S/C15H23NO4/c1-4-18-15(19-5-2)10-11-20-14-9-7-6-8-13(14)16-12(3)17/h6-9,15H,4-5,10-11H2,1-3H3,(H,16,17). The van der Waals surface area contributed by atoms with Crippen molar-refractivity contribution in [3.05, 3.63) is 24.3 Å². The average Bonchev–Trinajstić information content (AvgIpc) is 2.40. The summed E-state index contributed by atoms with van der Waals surface area (Å²) < 4.78 is 16.6. The molecule has 0 heterocycles. The first-order valence-electron chi connectivity index (χ1n) is 6.90. The molecule has 1 rings (SSSR count). The zero-order chi connectivity index (χ0) is 14.8. The fourth-order valence-electron chi connectivity index (χ4n) is 1.74. The molecule has 0 spiro atoms. The van der Waals surface area contributed by atoms with E-state index in [9.17, 15) is 4.79 Å². The Kier molecular flexibility index (Phi) is 7.69. The molecule has 20 heavy (non-hydrogen) atoms. The van der Waals surface area contributed by atoms with Gasteiger partial charge in [0.1, 0.15) is 5.75 Å². The third-order valence-corrected chi connectivity index (χ3v) is 2.51. The number of hydrogen-bond donors (Lipinski definition) is 1. The summed E-state index contributed by atoms with van der Waals surface area (Å²) in [6.45, 7) is 7.00. The van der Waals surface area contributed by atoms with E-state index in [1.165, 1.54) is 6.92 Å². The van der Waals surface area contributed by atoms with Gasteiger partial charge in [-0.1, -0.05) is 12.1 Å². The van der Waals surface area contributed by atoms with Gasteiger partial charge >= 0.3 is 0 Å². The smallest absolute Gasteiger partial charge is 0.221 e. The van der Waals surface area contributed by atoms with E-state index in [0.29, 0.717) is 37.7 Å². The molecule has 0 aliphatic heterocycles. The van der Waals surface area contributed by atoms with E-state index in [2.05, 4.69) is 5.32 Å². The number of amides is 1. The van der Waals surface area contributed by atoms with Gasteiger partial charge in [-0.25, -0.2) is 0 Å². The Hall–Kier alpha value is -1.59. The molecule has 5 heteroatoms. The fourth-order valence-corrected chi connectivity index (χ4v) is 1.74. The number of rotatable bonds is 9. The Morgan fingerprint density at radius 3 is 2.45 bits per heavy atom. The van der Waals surface area contributed by atoms with Crippen LogP contribution >= 0.6 is 0 Å². The summed E-state index contributed by atoms with van der Waals surface area (Å²) in [5, 5.41) is 2.74. The van der Waals surface area contributed by atoms with E-state index in [-0.39, 0.29) is 12.2 Å². The molecule has 0 aliphatic carbocycles. The van der Waals surface area contributed by atoms with E-state index in [1.54, 1.807) is 6.07 Å². The van der Waals surface area contributed by atoms with Crippen LogP contribution < -0.4 is 10.1 Å². The Morgan fingerprint density at radius 2 is 1.85 bits per heavy atom. The first-order chi connectivity index (χ1) is 9.67. The highest BCUT2D eigenvalue weighted by Crippen LogP contribution is 2.23. The maximum atomic E-state index is 11.1. The van der Waals surface area contributed by atoms with Crippen molar-refractivity contribution < 1.29 is 19.0 Å². The van der Waals surface area contributed by atoms with E-state index in [4.69, 9.17) is 14.2 Å². The van der Waals surface area contributed by atoms with Crippen LogP contribution in [0.3, 0.4) is 0 Å². The Balaban J connectivity index is 2.50. The van der Waals surface area contributed by atoms with Crippen molar-refractivity contribution in [2.24, 2.45) is 0 Å². The fraction of sp³-hybridized carbons (Fsp3) is 0.533. The van der Waals surface area contributed by atoms with E-state index < -0.39 is 0 Å². The molecule has 0 aromatic heterocycles. The molecule has 1 aromatic rings. The number of anilines is 1. The minimum atomic E-state index is -0.252. The van der Waals surface area contributed by atoms with Gasteiger partial charge in [0.25, 0.3) is 0 Å². The predicted octanol–water partition coefficient (Wildman–Crippen LogP) is 2.81. The van der Waals surface area contributed by atoms with Crippen LogP contribution in [-0.2, 0) is 14.3 Å². The van der Waals surface area contributed by atoms with Crippen molar-refractivity contribution in [2.75, 3.05) is 25.1 Å². The third kappa shape index (κ3) is 6.04. The Labute approximate surface area is 120 Å². The summed E-state index contributed by atoms with van der Waals surface area (Å²) in [7, 11) is 0. The number of benzene rings is 1. The molecule has 1 aromatic carbocycles. The molecule has 0 saturated heterocycles. The second-order valence-electron chi connectivity index (χ2n) is 4.15. The van der Waals surface area contributed by atoms with Gasteiger partial charge in [-0.05, 0) is 26.0 Å². The van der Waals surface area contributed by atoms with Crippen LogP contribution in [0.5, 0.6) is 5.75 Å². The van der Waals surface area contributed by atoms with Crippen molar-refractivity contribution in [3.63, 3.8) is 0 Å². The first kappa shape index (κ1) is 16.5. The SMILES string of the molecule is CCOC(CCOc1ccccc1NC(C)=O)OCC. The van der Waals surface area contributed by atoms with Gasteiger partial charge in [-0.3, -0.25) is 4.79 Å². The van der Waals surface area contributed by atoms with Gasteiger partial charge in [0, 0.05) is 26.6 Å². The van der Waals surface area contributed by atoms with Crippen LogP contribution in [0.2, 0.25) is 0 Å². The normalized spacial score (nSPS) is 10.6. The topological polar surface area (TPSA) is 56.8 Å². The zero-order valence-corrected chi connectivity index (χ0v) is 12.3.